The predicted octanol–water partition coefficient (Wildman–Crippen LogP) is 5.81. The van der Waals surface area contributed by atoms with E-state index in [9.17, 15) is 4.39 Å². The Balaban J connectivity index is 2.55. The smallest absolute Gasteiger partial charge is 0.128 e. The molecule has 0 saturated carbocycles. The van der Waals surface area contributed by atoms with Gasteiger partial charge in [0.1, 0.15) is 5.82 Å². The monoisotopic (exact) mass is 463 g/mol. The molecule has 5 heteroatoms. The zero-order valence-electron chi connectivity index (χ0n) is 10.8. The van der Waals surface area contributed by atoms with Gasteiger partial charge < -0.3 is 5.32 Å². The first-order chi connectivity index (χ1) is 9.52. The van der Waals surface area contributed by atoms with Crippen molar-refractivity contribution in [2.24, 2.45) is 0 Å². The van der Waals surface area contributed by atoms with Crippen molar-refractivity contribution in [2.75, 3.05) is 6.54 Å². The molecule has 0 amide bonds. The molecule has 1 nitrogen and oxygen atoms in total. The van der Waals surface area contributed by atoms with Crippen LogP contribution in [-0.2, 0) is 0 Å². The van der Waals surface area contributed by atoms with Crippen LogP contribution >= 0.6 is 47.8 Å². The van der Waals surface area contributed by atoms with E-state index in [1.165, 1.54) is 6.07 Å². The topological polar surface area (TPSA) is 12.0 Å². The molecule has 2 aromatic rings. The molecule has 2 aromatic carbocycles. The molecule has 0 aliphatic carbocycles. The van der Waals surface area contributed by atoms with Gasteiger partial charge in [-0.2, -0.15) is 0 Å². The minimum atomic E-state index is -0.217. The Morgan fingerprint density at radius 2 is 1.60 bits per heavy atom. The lowest BCUT2D eigenvalue weighted by Crippen LogP contribution is -2.23. The summed E-state index contributed by atoms with van der Waals surface area (Å²) < 4.78 is 17.0. The minimum absolute atomic E-state index is 0.204. The maximum absolute atomic E-state index is 14.2. The fourth-order valence-corrected chi connectivity index (χ4v) is 3.30. The highest BCUT2D eigenvalue weighted by Crippen LogP contribution is 2.33. The Bertz CT molecular complexity index is 565. The number of nitrogens with one attached hydrogen (secondary N) is 1. The summed E-state index contributed by atoms with van der Waals surface area (Å²) in [5, 5.41) is 3.34. The fraction of sp³-hybridized carbons (Fsp3) is 0.200. The number of benzene rings is 2. The Kier molecular flexibility index (Phi) is 5.78. The lowest BCUT2D eigenvalue weighted by Gasteiger charge is -2.21. The van der Waals surface area contributed by atoms with Crippen molar-refractivity contribution in [3.05, 3.63) is 66.8 Å². The Labute approximate surface area is 143 Å². The first kappa shape index (κ1) is 16.1. The van der Waals surface area contributed by atoms with E-state index in [-0.39, 0.29) is 11.9 Å². The number of rotatable bonds is 4. The quantitative estimate of drug-likeness (QED) is 0.600. The van der Waals surface area contributed by atoms with Crippen LogP contribution in [0.5, 0.6) is 0 Å². The Morgan fingerprint density at radius 3 is 2.25 bits per heavy atom. The number of halogens is 4. The van der Waals surface area contributed by atoms with Crippen LogP contribution in [0.3, 0.4) is 0 Å². The molecule has 2 rings (SSSR count). The molecule has 0 bridgehead atoms. The molecule has 0 radical (unpaired) electrons. The largest absolute Gasteiger partial charge is 0.306 e. The van der Waals surface area contributed by atoms with Crippen LogP contribution in [0.1, 0.15) is 24.1 Å². The molecule has 0 aliphatic rings. The fourth-order valence-electron chi connectivity index (χ4n) is 2.06. The summed E-state index contributed by atoms with van der Waals surface area (Å²) in [5.41, 5.74) is 1.62. The molecule has 0 heterocycles. The molecule has 1 atom stereocenters. The van der Waals surface area contributed by atoms with E-state index in [0.29, 0.717) is 5.56 Å². The summed E-state index contributed by atoms with van der Waals surface area (Å²) >= 11 is 10.4. The minimum Gasteiger partial charge on any atom is -0.306 e. The van der Waals surface area contributed by atoms with Crippen LogP contribution in [0, 0.1) is 5.82 Å². The van der Waals surface area contributed by atoms with Crippen molar-refractivity contribution in [2.45, 2.75) is 13.0 Å². The normalized spacial score (nSPS) is 12.4. The molecule has 20 heavy (non-hydrogen) atoms. The highest BCUT2D eigenvalue weighted by Gasteiger charge is 2.20. The molecule has 0 saturated heterocycles. The molecule has 1 unspecified atom stereocenters. The van der Waals surface area contributed by atoms with E-state index < -0.39 is 0 Å². The molecule has 0 fully saturated rings. The third kappa shape index (κ3) is 3.70. The van der Waals surface area contributed by atoms with Gasteiger partial charge in [0, 0.05) is 19.0 Å². The van der Waals surface area contributed by atoms with Gasteiger partial charge in [-0.3, -0.25) is 0 Å². The van der Waals surface area contributed by atoms with Crippen molar-refractivity contribution in [3.63, 3.8) is 0 Å². The van der Waals surface area contributed by atoms with Gasteiger partial charge in [-0.1, -0.05) is 54.7 Å². The van der Waals surface area contributed by atoms with E-state index in [1.807, 2.05) is 31.2 Å². The highest BCUT2D eigenvalue weighted by atomic mass is 79.9. The third-order valence-corrected chi connectivity index (χ3v) is 4.66. The van der Waals surface area contributed by atoms with Crippen molar-refractivity contribution >= 4 is 47.8 Å². The maximum Gasteiger partial charge on any atom is 0.128 e. The summed E-state index contributed by atoms with van der Waals surface area (Å²) in [6.45, 7) is 2.75. The number of hydrogen-bond acceptors (Lipinski definition) is 1. The average molecular weight is 466 g/mol. The molecule has 0 spiro atoms. The summed E-state index contributed by atoms with van der Waals surface area (Å²) in [5.74, 6) is -0.217. The van der Waals surface area contributed by atoms with Gasteiger partial charge in [0.15, 0.2) is 0 Å². The second-order valence-electron chi connectivity index (χ2n) is 4.32. The predicted molar refractivity (Wildman–Crippen MR) is 91.5 cm³/mol. The van der Waals surface area contributed by atoms with Gasteiger partial charge in [0.2, 0.25) is 0 Å². The van der Waals surface area contributed by atoms with E-state index >= 15 is 0 Å². The lowest BCUT2D eigenvalue weighted by atomic mass is 9.98. The van der Waals surface area contributed by atoms with Gasteiger partial charge in [0.25, 0.3) is 0 Å². The van der Waals surface area contributed by atoms with Crippen LogP contribution < -0.4 is 5.32 Å². The molecular weight excluding hydrogens is 453 g/mol. The number of hydrogen-bond donors (Lipinski definition) is 1. The molecular formula is C15H13Br3FN. The van der Waals surface area contributed by atoms with Gasteiger partial charge in [-0.15, -0.1) is 0 Å². The summed E-state index contributed by atoms with van der Waals surface area (Å²) in [4.78, 5) is 0. The van der Waals surface area contributed by atoms with Gasteiger partial charge >= 0.3 is 0 Å². The van der Waals surface area contributed by atoms with Crippen LogP contribution in [0.25, 0.3) is 0 Å². The zero-order chi connectivity index (χ0) is 14.7. The van der Waals surface area contributed by atoms with E-state index in [0.717, 1.165) is 25.5 Å². The van der Waals surface area contributed by atoms with Crippen molar-refractivity contribution in [3.8, 4) is 0 Å². The van der Waals surface area contributed by atoms with E-state index in [2.05, 4.69) is 53.1 Å². The zero-order valence-corrected chi connectivity index (χ0v) is 15.5. The van der Waals surface area contributed by atoms with Gasteiger partial charge in [-0.25, -0.2) is 4.39 Å². The average Bonchev–Trinajstić information content (AvgIpc) is 2.42. The lowest BCUT2D eigenvalue weighted by molar-refractivity contribution is 0.557. The first-order valence-corrected chi connectivity index (χ1v) is 8.54. The standard InChI is InChI=1S/C15H13Br3FN/c1-2-20-15(11-7-9(16)3-5-13(11)18)12-8-10(17)4-6-14(12)19/h3-8,15,20H,2H2,1H3. The van der Waals surface area contributed by atoms with Gasteiger partial charge in [-0.05, 0) is 48.5 Å². The van der Waals surface area contributed by atoms with E-state index in [4.69, 9.17) is 0 Å². The van der Waals surface area contributed by atoms with Gasteiger partial charge in [0.05, 0.1) is 6.04 Å². The van der Waals surface area contributed by atoms with Crippen LogP contribution in [-0.4, -0.2) is 6.54 Å². The SMILES string of the molecule is CCNC(c1cc(Br)ccc1F)c1cc(Br)ccc1Br. The Hall–Kier alpha value is -0.230. The summed E-state index contributed by atoms with van der Waals surface area (Å²) in [6.07, 6.45) is 0. The second-order valence-corrected chi connectivity index (χ2v) is 7.01. The van der Waals surface area contributed by atoms with Crippen molar-refractivity contribution in [1.82, 2.24) is 5.32 Å². The van der Waals surface area contributed by atoms with Crippen LogP contribution in [0.4, 0.5) is 4.39 Å². The highest BCUT2D eigenvalue weighted by molar-refractivity contribution is 9.11. The maximum atomic E-state index is 14.2. The molecule has 0 aliphatic heterocycles. The Morgan fingerprint density at radius 1 is 1.00 bits per heavy atom. The van der Waals surface area contributed by atoms with E-state index in [1.54, 1.807) is 6.07 Å². The first-order valence-electron chi connectivity index (χ1n) is 6.16. The molecule has 1 N–H and O–H groups in total. The second kappa shape index (κ2) is 7.16. The third-order valence-electron chi connectivity index (χ3n) is 2.95. The summed E-state index contributed by atoms with van der Waals surface area (Å²) in [6, 6.07) is 10.7. The van der Waals surface area contributed by atoms with Crippen LogP contribution in [0.15, 0.2) is 49.8 Å². The van der Waals surface area contributed by atoms with Crippen molar-refractivity contribution in [1.29, 1.82) is 0 Å². The molecule has 106 valence electrons. The summed E-state index contributed by atoms with van der Waals surface area (Å²) in [7, 11) is 0. The molecule has 0 aromatic heterocycles. The van der Waals surface area contributed by atoms with Crippen molar-refractivity contribution < 1.29 is 4.39 Å². The van der Waals surface area contributed by atoms with Crippen LogP contribution in [0.2, 0.25) is 0 Å².